The second kappa shape index (κ2) is 6.94. The smallest absolute Gasteiger partial charge is 0.151 e. The van der Waals surface area contributed by atoms with E-state index in [0.29, 0.717) is 0 Å². The van der Waals surface area contributed by atoms with Crippen molar-refractivity contribution in [1.29, 1.82) is 0 Å². The molecule has 6 nitrogen and oxygen atoms in total. The molecule has 0 bridgehead atoms. The Bertz CT molecular complexity index is 742. The lowest BCUT2D eigenvalue weighted by molar-refractivity contribution is 0.650. The van der Waals surface area contributed by atoms with Crippen LogP contribution < -0.4 is 9.80 Å². The lowest BCUT2D eigenvalue weighted by atomic mass is 9.96. The fraction of sp³-hybridized carbons (Fsp3) is 0.579. The maximum Gasteiger partial charge on any atom is 0.151 e. The largest absolute Gasteiger partial charge is 0.354 e. The third kappa shape index (κ3) is 3.43. The van der Waals surface area contributed by atoms with Gasteiger partial charge in [0, 0.05) is 37.4 Å². The minimum Gasteiger partial charge on any atom is -0.354 e. The van der Waals surface area contributed by atoms with E-state index in [9.17, 15) is 0 Å². The van der Waals surface area contributed by atoms with Crippen LogP contribution in [-0.2, 0) is 12.8 Å². The van der Waals surface area contributed by atoms with Crippen LogP contribution in [0.1, 0.15) is 42.0 Å². The normalized spacial score (nSPS) is 18.0. The zero-order valence-electron chi connectivity index (χ0n) is 15.2. The molecule has 1 aliphatic carbocycles. The SMILES string of the molecule is Cc1ccc(N2CCCN(c3nc(C)nc4c3CCCC4)CC2)nn1. The summed E-state index contributed by atoms with van der Waals surface area (Å²) in [6, 6.07) is 4.11. The van der Waals surface area contributed by atoms with Crippen molar-refractivity contribution >= 4 is 11.6 Å². The number of hydrogen-bond donors (Lipinski definition) is 0. The van der Waals surface area contributed by atoms with E-state index >= 15 is 0 Å². The molecule has 0 unspecified atom stereocenters. The molecule has 132 valence electrons. The van der Waals surface area contributed by atoms with Crippen molar-refractivity contribution in [2.24, 2.45) is 0 Å². The highest BCUT2D eigenvalue weighted by Crippen LogP contribution is 2.29. The number of aryl methyl sites for hydroxylation is 3. The quantitative estimate of drug-likeness (QED) is 0.838. The molecule has 1 fully saturated rings. The van der Waals surface area contributed by atoms with E-state index in [1.54, 1.807) is 0 Å². The van der Waals surface area contributed by atoms with Gasteiger partial charge in [0.2, 0.25) is 0 Å². The summed E-state index contributed by atoms with van der Waals surface area (Å²) in [7, 11) is 0. The van der Waals surface area contributed by atoms with Crippen LogP contribution >= 0.6 is 0 Å². The predicted molar refractivity (Wildman–Crippen MR) is 99.2 cm³/mol. The molecule has 0 atom stereocenters. The fourth-order valence-corrected chi connectivity index (χ4v) is 3.88. The summed E-state index contributed by atoms with van der Waals surface area (Å²) in [5.41, 5.74) is 3.63. The molecular weight excluding hydrogens is 312 g/mol. The average Bonchev–Trinajstić information content (AvgIpc) is 2.88. The molecule has 0 N–H and O–H groups in total. The zero-order valence-corrected chi connectivity index (χ0v) is 15.2. The number of aromatic nitrogens is 4. The second-order valence-electron chi connectivity index (χ2n) is 7.09. The standard InChI is InChI=1S/C19H26N6/c1-14-8-9-18(23-22-14)24-10-5-11-25(13-12-24)19-16-6-3-4-7-17(16)20-15(2)21-19/h8-9H,3-7,10-13H2,1-2H3. The van der Waals surface area contributed by atoms with Gasteiger partial charge in [-0.25, -0.2) is 9.97 Å². The van der Waals surface area contributed by atoms with Crippen molar-refractivity contribution < 1.29 is 0 Å². The highest BCUT2D eigenvalue weighted by molar-refractivity contribution is 5.51. The number of rotatable bonds is 2. The van der Waals surface area contributed by atoms with Gasteiger partial charge >= 0.3 is 0 Å². The zero-order chi connectivity index (χ0) is 17.2. The van der Waals surface area contributed by atoms with Crippen LogP contribution in [-0.4, -0.2) is 46.3 Å². The number of fused-ring (bicyclic) bond motifs is 1. The summed E-state index contributed by atoms with van der Waals surface area (Å²) in [6.45, 7) is 7.97. The fourth-order valence-electron chi connectivity index (χ4n) is 3.88. The molecule has 3 heterocycles. The molecule has 4 rings (SSSR count). The minimum atomic E-state index is 0.904. The van der Waals surface area contributed by atoms with E-state index in [4.69, 9.17) is 9.97 Å². The number of nitrogens with zero attached hydrogens (tertiary/aromatic N) is 6. The Morgan fingerprint density at radius 1 is 0.800 bits per heavy atom. The molecule has 1 aliphatic heterocycles. The Kier molecular flexibility index (Phi) is 4.51. The van der Waals surface area contributed by atoms with Crippen molar-refractivity contribution in [2.45, 2.75) is 46.0 Å². The van der Waals surface area contributed by atoms with Crippen LogP contribution in [0.3, 0.4) is 0 Å². The van der Waals surface area contributed by atoms with Crippen LogP contribution in [0.15, 0.2) is 12.1 Å². The summed E-state index contributed by atoms with van der Waals surface area (Å²) in [6.07, 6.45) is 5.83. The highest BCUT2D eigenvalue weighted by Gasteiger charge is 2.23. The first-order valence-corrected chi connectivity index (χ1v) is 9.37. The number of anilines is 2. The summed E-state index contributed by atoms with van der Waals surface area (Å²) in [4.78, 5) is 14.3. The third-order valence-electron chi connectivity index (χ3n) is 5.18. The van der Waals surface area contributed by atoms with Crippen molar-refractivity contribution in [3.05, 3.63) is 34.9 Å². The van der Waals surface area contributed by atoms with E-state index in [-0.39, 0.29) is 0 Å². The monoisotopic (exact) mass is 338 g/mol. The maximum atomic E-state index is 4.83. The van der Waals surface area contributed by atoms with Gasteiger partial charge in [0.05, 0.1) is 5.69 Å². The summed E-state index contributed by atoms with van der Waals surface area (Å²) >= 11 is 0. The topological polar surface area (TPSA) is 58.0 Å². The second-order valence-corrected chi connectivity index (χ2v) is 7.09. The van der Waals surface area contributed by atoms with Crippen LogP contribution in [0.4, 0.5) is 11.6 Å². The molecule has 2 aromatic rings. The van der Waals surface area contributed by atoms with Gasteiger partial charge in [-0.05, 0) is 58.1 Å². The Labute approximate surface area is 149 Å². The Morgan fingerprint density at radius 3 is 2.44 bits per heavy atom. The lowest BCUT2D eigenvalue weighted by Gasteiger charge is -2.27. The van der Waals surface area contributed by atoms with E-state index < -0.39 is 0 Å². The first kappa shape index (κ1) is 16.2. The van der Waals surface area contributed by atoms with Gasteiger partial charge in [-0.2, -0.15) is 5.10 Å². The van der Waals surface area contributed by atoms with Crippen LogP contribution in [0.25, 0.3) is 0 Å². The molecule has 0 aromatic carbocycles. The molecule has 6 heteroatoms. The first-order valence-electron chi connectivity index (χ1n) is 9.37. The Balaban J connectivity index is 1.55. The van der Waals surface area contributed by atoms with Crippen molar-refractivity contribution in [2.75, 3.05) is 36.0 Å². The van der Waals surface area contributed by atoms with Crippen LogP contribution in [0, 0.1) is 13.8 Å². The third-order valence-corrected chi connectivity index (χ3v) is 5.18. The molecule has 1 saturated heterocycles. The van der Waals surface area contributed by atoms with E-state index in [1.807, 2.05) is 19.9 Å². The molecule has 0 radical (unpaired) electrons. The minimum absolute atomic E-state index is 0.904. The summed E-state index contributed by atoms with van der Waals surface area (Å²) in [5, 5.41) is 8.56. The van der Waals surface area contributed by atoms with Crippen molar-refractivity contribution in [3.63, 3.8) is 0 Å². The number of hydrogen-bond acceptors (Lipinski definition) is 6. The Morgan fingerprint density at radius 2 is 1.60 bits per heavy atom. The van der Waals surface area contributed by atoms with Gasteiger partial charge in [-0.1, -0.05) is 0 Å². The molecule has 25 heavy (non-hydrogen) atoms. The van der Waals surface area contributed by atoms with E-state index in [2.05, 4.69) is 26.1 Å². The molecule has 2 aromatic heterocycles. The van der Waals surface area contributed by atoms with Gasteiger partial charge in [0.25, 0.3) is 0 Å². The van der Waals surface area contributed by atoms with Gasteiger partial charge < -0.3 is 9.80 Å². The molecule has 2 aliphatic rings. The molecular formula is C19H26N6. The summed E-state index contributed by atoms with van der Waals surface area (Å²) < 4.78 is 0. The van der Waals surface area contributed by atoms with Gasteiger partial charge in [0.15, 0.2) is 5.82 Å². The van der Waals surface area contributed by atoms with Crippen molar-refractivity contribution in [3.8, 4) is 0 Å². The van der Waals surface area contributed by atoms with E-state index in [1.165, 1.54) is 29.9 Å². The highest BCUT2D eigenvalue weighted by atomic mass is 15.3. The van der Waals surface area contributed by atoms with Gasteiger partial charge in [-0.3, -0.25) is 0 Å². The molecule has 0 spiro atoms. The maximum absolute atomic E-state index is 4.83. The summed E-state index contributed by atoms with van der Waals surface area (Å²) in [5.74, 6) is 3.06. The average molecular weight is 338 g/mol. The lowest BCUT2D eigenvalue weighted by Crippen LogP contribution is -2.33. The van der Waals surface area contributed by atoms with Gasteiger partial charge in [-0.15, -0.1) is 5.10 Å². The van der Waals surface area contributed by atoms with Gasteiger partial charge in [0.1, 0.15) is 11.6 Å². The van der Waals surface area contributed by atoms with Crippen molar-refractivity contribution in [1.82, 2.24) is 20.2 Å². The Hall–Kier alpha value is -2.24. The van der Waals surface area contributed by atoms with Crippen LogP contribution in [0.2, 0.25) is 0 Å². The molecule has 0 saturated carbocycles. The first-order chi connectivity index (χ1) is 12.2. The predicted octanol–water partition coefficient (Wildman–Crippen LogP) is 2.48. The van der Waals surface area contributed by atoms with E-state index in [0.717, 1.165) is 62.8 Å². The molecule has 0 amide bonds. The van der Waals surface area contributed by atoms with Crippen LogP contribution in [0.5, 0.6) is 0 Å².